The van der Waals surface area contributed by atoms with Gasteiger partial charge in [-0.3, -0.25) is 14.6 Å². The monoisotopic (exact) mass is 600 g/mol. The van der Waals surface area contributed by atoms with Crippen molar-refractivity contribution in [3.8, 4) is 11.5 Å². The third-order valence-electron chi connectivity index (χ3n) is 7.54. The molecule has 4 heterocycles. The lowest BCUT2D eigenvalue weighted by atomic mass is 10.2. The van der Waals surface area contributed by atoms with Crippen molar-refractivity contribution in [1.29, 1.82) is 0 Å². The number of nitrogens with one attached hydrogen (secondary N) is 1. The predicted molar refractivity (Wildman–Crippen MR) is 154 cm³/mol. The van der Waals surface area contributed by atoms with Gasteiger partial charge in [0.15, 0.2) is 5.58 Å². The minimum absolute atomic E-state index is 0.228. The van der Waals surface area contributed by atoms with Crippen molar-refractivity contribution in [2.24, 2.45) is 13.0 Å². The third-order valence-corrected chi connectivity index (χ3v) is 7.54. The maximum atomic E-state index is 13.5. The normalized spacial score (nSPS) is 17.9. The average Bonchev–Trinajstić information content (AvgIpc) is 3.32. The van der Waals surface area contributed by atoms with Gasteiger partial charge >= 0.3 is 0 Å². The Hall–Kier alpha value is -5.31. The van der Waals surface area contributed by atoms with Crippen molar-refractivity contribution in [1.82, 2.24) is 40.1 Å². The van der Waals surface area contributed by atoms with E-state index in [0.717, 1.165) is 5.69 Å². The molecule has 7 rings (SSSR count). The molecule has 13 nitrogen and oxygen atoms in total. The molecule has 1 atom stereocenters. The summed E-state index contributed by atoms with van der Waals surface area (Å²) in [5, 5.41) is 19.0. The minimum Gasteiger partial charge on any atom is -0.436 e. The lowest BCUT2D eigenvalue weighted by molar-refractivity contribution is -0.119. The number of pyridine rings is 1. The van der Waals surface area contributed by atoms with Crippen molar-refractivity contribution in [3.05, 3.63) is 72.6 Å². The number of halogens is 2. The van der Waals surface area contributed by atoms with E-state index in [1.54, 1.807) is 42.3 Å². The topological polar surface area (TPSA) is 138 Å². The minimum atomic E-state index is -2.95. The standard InChI is InChI=1S/C29H26F2N10O3/c1-38-36-28(35-37-38)41(20-5-3-2-4-6-20)40-13-11-39(12-14-40)27(43)23-15-18(9-10-32-23)26-34-22-16-19(7-8-24(22)44-26)33-25(42)21-17-29(21,30)31/h2-10,15-16,21H,11-14,17H2,1H3,(H,33,42)/t21-/m1/s1. The fourth-order valence-corrected chi connectivity index (χ4v) is 5.13. The van der Waals surface area contributed by atoms with E-state index < -0.39 is 24.2 Å². The number of oxazole rings is 1. The zero-order valence-corrected chi connectivity index (χ0v) is 23.5. The van der Waals surface area contributed by atoms with E-state index in [-0.39, 0.29) is 17.5 Å². The van der Waals surface area contributed by atoms with Crippen LogP contribution in [0.15, 0.2) is 71.3 Å². The Labute approximate surface area is 249 Å². The summed E-state index contributed by atoms with van der Waals surface area (Å²) in [4.78, 5) is 37.5. The number of rotatable bonds is 7. The highest BCUT2D eigenvalue weighted by Gasteiger charge is 2.61. The molecule has 224 valence electrons. The van der Waals surface area contributed by atoms with E-state index in [0.29, 0.717) is 54.5 Å². The average molecular weight is 601 g/mol. The maximum absolute atomic E-state index is 13.5. The van der Waals surface area contributed by atoms with E-state index in [2.05, 4.69) is 35.7 Å². The zero-order chi connectivity index (χ0) is 30.4. The Morgan fingerprint density at radius 3 is 2.52 bits per heavy atom. The predicted octanol–water partition coefficient (Wildman–Crippen LogP) is 3.52. The van der Waals surface area contributed by atoms with Crippen LogP contribution in [-0.4, -0.2) is 84.0 Å². The quantitative estimate of drug-likeness (QED) is 0.295. The molecule has 0 spiro atoms. The number of aryl methyl sites for hydroxylation is 1. The van der Waals surface area contributed by atoms with Gasteiger partial charge < -0.3 is 14.6 Å². The number of aromatic nitrogens is 6. The second kappa shape index (κ2) is 10.8. The summed E-state index contributed by atoms with van der Waals surface area (Å²) >= 11 is 0. The van der Waals surface area contributed by atoms with Gasteiger partial charge in [-0.05, 0) is 47.7 Å². The number of hydrogen-bond acceptors (Lipinski definition) is 10. The molecule has 2 fully saturated rings. The smallest absolute Gasteiger partial charge is 0.285 e. The molecular weight excluding hydrogens is 574 g/mol. The summed E-state index contributed by atoms with van der Waals surface area (Å²) in [6.45, 7) is 1.94. The second-order valence-corrected chi connectivity index (χ2v) is 10.6. The van der Waals surface area contributed by atoms with E-state index in [1.807, 2.05) is 35.3 Å². The number of tetrazole rings is 1. The van der Waals surface area contributed by atoms with Gasteiger partial charge in [0.1, 0.15) is 17.1 Å². The fraction of sp³-hybridized carbons (Fsp3) is 0.276. The number of carbonyl (C=O) groups excluding carboxylic acids is 2. The molecule has 1 aliphatic carbocycles. The first-order valence-corrected chi connectivity index (χ1v) is 13.9. The van der Waals surface area contributed by atoms with Crippen molar-refractivity contribution < 1.29 is 22.8 Å². The number of carbonyl (C=O) groups is 2. The summed E-state index contributed by atoms with van der Waals surface area (Å²) in [6.07, 6.45) is 1.08. The van der Waals surface area contributed by atoms with Crippen LogP contribution in [0.2, 0.25) is 0 Å². The van der Waals surface area contributed by atoms with E-state index >= 15 is 0 Å². The molecule has 0 unspecified atom stereocenters. The number of amides is 2. The highest BCUT2D eigenvalue weighted by Crippen LogP contribution is 2.49. The molecule has 1 aliphatic heterocycles. The number of para-hydroxylation sites is 1. The fourth-order valence-electron chi connectivity index (χ4n) is 5.13. The molecule has 3 aromatic heterocycles. The molecule has 0 radical (unpaired) electrons. The van der Waals surface area contributed by atoms with Crippen molar-refractivity contribution in [3.63, 3.8) is 0 Å². The Kier molecular flexibility index (Phi) is 6.73. The van der Waals surface area contributed by atoms with Crippen LogP contribution in [0.1, 0.15) is 16.9 Å². The number of fused-ring (bicyclic) bond motifs is 1. The van der Waals surface area contributed by atoms with E-state index in [4.69, 9.17) is 4.42 Å². The molecule has 1 saturated heterocycles. The van der Waals surface area contributed by atoms with Crippen molar-refractivity contribution in [2.45, 2.75) is 12.3 Å². The third kappa shape index (κ3) is 5.32. The Morgan fingerprint density at radius 1 is 1.05 bits per heavy atom. The number of anilines is 3. The summed E-state index contributed by atoms with van der Waals surface area (Å²) in [5.74, 6) is -4.52. The molecule has 15 heteroatoms. The first-order valence-electron chi connectivity index (χ1n) is 13.9. The van der Waals surface area contributed by atoms with Crippen molar-refractivity contribution in [2.75, 3.05) is 36.5 Å². The molecule has 1 saturated carbocycles. The molecule has 5 aromatic rings. The zero-order valence-electron chi connectivity index (χ0n) is 23.5. The second-order valence-electron chi connectivity index (χ2n) is 10.6. The van der Waals surface area contributed by atoms with Crippen LogP contribution in [0, 0.1) is 5.92 Å². The van der Waals surface area contributed by atoms with Gasteiger partial charge in [-0.2, -0.15) is 4.80 Å². The number of piperazine rings is 1. The number of nitrogens with zero attached hydrogens (tertiary/aromatic N) is 9. The number of benzene rings is 2. The van der Waals surface area contributed by atoms with Crippen LogP contribution < -0.4 is 10.3 Å². The number of hydrazine groups is 1. The molecule has 2 aliphatic rings. The van der Waals surface area contributed by atoms with Crippen LogP contribution in [-0.2, 0) is 11.8 Å². The summed E-state index contributed by atoms with van der Waals surface area (Å²) < 4.78 is 32.4. The van der Waals surface area contributed by atoms with Gasteiger partial charge in [0.2, 0.25) is 11.8 Å². The highest BCUT2D eigenvalue weighted by molar-refractivity contribution is 5.97. The SMILES string of the molecule is Cn1nnc(N(c2ccccc2)N2CCN(C(=O)c3cc(-c4nc5cc(NC(=O)[C@H]6CC6(F)F)ccc5o4)ccn3)CC2)n1. The first-order chi connectivity index (χ1) is 21.2. The van der Waals surface area contributed by atoms with Crippen LogP contribution in [0.5, 0.6) is 0 Å². The summed E-state index contributed by atoms with van der Waals surface area (Å²) in [6, 6.07) is 17.8. The maximum Gasteiger partial charge on any atom is 0.285 e. The Morgan fingerprint density at radius 2 is 1.82 bits per heavy atom. The largest absolute Gasteiger partial charge is 0.436 e. The van der Waals surface area contributed by atoms with E-state index in [9.17, 15) is 18.4 Å². The molecular formula is C29H26F2N10O3. The van der Waals surface area contributed by atoms with Crippen LogP contribution in [0.4, 0.5) is 26.1 Å². The highest BCUT2D eigenvalue weighted by atomic mass is 19.3. The van der Waals surface area contributed by atoms with Crippen molar-refractivity contribution >= 4 is 40.2 Å². The van der Waals surface area contributed by atoms with Gasteiger partial charge in [0, 0.05) is 50.0 Å². The molecule has 2 aromatic carbocycles. The van der Waals surface area contributed by atoms with Gasteiger partial charge in [0.25, 0.3) is 17.8 Å². The van der Waals surface area contributed by atoms with Gasteiger partial charge in [-0.15, -0.1) is 5.10 Å². The number of alkyl halides is 2. The van der Waals surface area contributed by atoms with Crippen LogP contribution >= 0.6 is 0 Å². The first kappa shape index (κ1) is 27.5. The van der Waals surface area contributed by atoms with E-state index in [1.165, 1.54) is 11.0 Å². The number of hydrogen-bond donors (Lipinski definition) is 1. The van der Waals surface area contributed by atoms with Gasteiger partial charge in [-0.25, -0.2) is 23.8 Å². The molecule has 0 bridgehead atoms. The lowest BCUT2D eigenvalue weighted by Crippen LogP contribution is -2.54. The molecule has 2 amide bonds. The van der Waals surface area contributed by atoms with Gasteiger partial charge in [-0.1, -0.05) is 23.3 Å². The summed E-state index contributed by atoms with van der Waals surface area (Å²) in [5.41, 5.74) is 2.89. The Balaban J connectivity index is 1.04. The summed E-state index contributed by atoms with van der Waals surface area (Å²) in [7, 11) is 1.70. The van der Waals surface area contributed by atoms with Crippen LogP contribution in [0.3, 0.4) is 0 Å². The Bertz CT molecular complexity index is 1850. The van der Waals surface area contributed by atoms with Crippen LogP contribution in [0.25, 0.3) is 22.6 Å². The van der Waals surface area contributed by atoms with Gasteiger partial charge in [0.05, 0.1) is 12.7 Å². The lowest BCUT2D eigenvalue weighted by Gasteiger charge is -2.40. The molecule has 1 N–H and O–H groups in total. The molecule has 44 heavy (non-hydrogen) atoms.